The molecule has 90 valence electrons. The van der Waals surface area contributed by atoms with Crippen LogP contribution in [0, 0.1) is 6.92 Å². The summed E-state index contributed by atoms with van der Waals surface area (Å²) in [7, 11) is 1.36. The summed E-state index contributed by atoms with van der Waals surface area (Å²) in [4.78, 5) is 24.8. The number of rotatable bonds is 2. The molecule has 1 aromatic rings. The number of esters is 1. The zero-order valence-corrected chi connectivity index (χ0v) is 10.0. The normalized spacial score (nSPS) is 15.2. The van der Waals surface area contributed by atoms with Crippen molar-refractivity contribution < 1.29 is 14.3 Å². The summed E-state index contributed by atoms with van der Waals surface area (Å²) < 4.78 is 4.66. The third kappa shape index (κ3) is 2.16. The van der Waals surface area contributed by atoms with Gasteiger partial charge in [0.15, 0.2) is 0 Å². The lowest BCUT2D eigenvalue weighted by Crippen LogP contribution is -2.24. The predicted molar refractivity (Wildman–Crippen MR) is 64.1 cm³/mol. The number of carbonyl (C=O) groups excluding carboxylic acids is 2. The lowest BCUT2D eigenvalue weighted by molar-refractivity contribution is -0.117. The molecule has 1 fully saturated rings. The summed E-state index contributed by atoms with van der Waals surface area (Å²) in [6.07, 6.45) is 1.51. The van der Waals surface area contributed by atoms with Crippen LogP contribution in [-0.4, -0.2) is 25.5 Å². The van der Waals surface area contributed by atoms with E-state index in [4.69, 9.17) is 0 Å². The second-order valence-electron chi connectivity index (χ2n) is 4.14. The first-order chi connectivity index (χ1) is 8.13. The van der Waals surface area contributed by atoms with Crippen LogP contribution in [0.4, 0.5) is 5.69 Å². The Morgan fingerprint density at radius 1 is 1.41 bits per heavy atom. The van der Waals surface area contributed by atoms with Gasteiger partial charge in [0.05, 0.1) is 12.7 Å². The monoisotopic (exact) mass is 233 g/mol. The Labute approximate surface area is 100 Å². The molecule has 0 spiro atoms. The van der Waals surface area contributed by atoms with E-state index in [0.717, 1.165) is 24.2 Å². The van der Waals surface area contributed by atoms with Crippen LogP contribution in [0.15, 0.2) is 18.2 Å². The van der Waals surface area contributed by atoms with E-state index >= 15 is 0 Å². The minimum Gasteiger partial charge on any atom is -0.465 e. The van der Waals surface area contributed by atoms with Gasteiger partial charge in [0.1, 0.15) is 0 Å². The average Bonchev–Trinajstić information content (AvgIpc) is 2.74. The van der Waals surface area contributed by atoms with Crippen LogP contribution in [0.5, 0.6) is 0 Å². The van der Waals surface area contributed by atoms with Crippen LogP contribution in [0.25, 0.3) is 0 Å². The Hall–Kier alpha value is -1.84. The van der Waals surface area contributed by atoms with Crippen molar-refractivity contribution >= 4 is 17.6 Å². The van der Waals surface area contributed by atoms with Crippen molar-refractivity contribution in [2.75, 3.05) is 18.6 Å². The number of aryl methyl sites for hydroxylation is 1. The highest BCUT2D eigenvalue weighted by Gasteiger charge is 2.23. The molecule has 4 heteroatoms. The van der Waals surface area contributed by atoms with Gasteiger partial charge in [-0.1, -0.05) is 0 Å². The Morgan fingerprint density at radius 2 is 2.18 bits per heavy atom. The van der Waals surface area contributed by atoms with Gasteiger partial charge in [-0.15, -0.1) is 0 Å². The maximum atomic E-state index is 11.6. The highest BCUT2D eigenvalue weighted by atomic mass is 16.5. The van der Waals surface area contributed by atoms with Crippen LogP contribution >= 0.6 is 0 Å². The molecule has 1 heterocycles. The highest BCUT2D eigenvalue weighted by Crippen LogP contribution is 2.25. The lowest BCUT2D eigenvalue weighted by atomic mass is 10.1. The molecule has 0 atom stereocenters. The van der Waals surface area contributed by atoms with Gasteiger partial charge in [0.2, 0.25) is 5.91 Å². The zero-order chi connectivity index (χ0) is 12.4. The smallest absolute Gasteiger partial charge is 0.337 e. The van der Waals surface area contributed by atoms with Crippen molar-refractivity contribution in [1.82, 2.24) is 0 Å². The van der Waals surface area contributed by atoms with Gasteiger partial charge in [-0.3, -0.25) is 4.79 Å². The minimum absolute atomic E-state index is 0.152. The Morgan fingerprint density at radius 3 is 2.71 bits per heavy atom. The molecule has 4 nitrogen and oxygen atoms in total. The summed E-state index contributed by atoms with van der Waals surface area (Å²) in [5.74, 6) is -0.202. The topological polar surface area (TPSA) is 46.6 Å². The van der Waals surface area contributed by atoms with Gasteiger partial charge >= 0.3 is 5.97 Å². The summed E-state index contributed by atoms with van der Waals surface area (Å²) in [5, 5.41) is 0. The van der Waals surface area contributed by atoms with E-state index in [1.54, 1.807) is 17.0 Å². The van der Waals surface area contributed by atoms with Crippen LogP contribution in [0.2, 0.25) is 0 Å². The van der Waals surface area contributed by atoms with Crippen LogP contribution in [0.1, 0.15) is 28.8 Å². The van der Waals surface area contributed by atoms with Gasteiger partial charge in [-0.25, -0.2) is 4.79 Å². The molecule has 0 bridgehead atoms. The molecule has 1 saturated heterocycles. The Kier molecular flexibility index (Phi) is 3.13. The van der Waals surface area contributed by atoms with Gasteiger partial charge in [0, 0.05) is 18.7 Å². The Bertz CT molecular complexity index is 468. The molecular weight excluding hydrogens is 218 g/mol. The van der Waals surface area contributed by atoms with E-state index in [9.17, 15) is 9.59 Å². The van der Waals surface area contributed by atoms with E-state index in [1.807, 2.05) is 13.0 Å². The van der Waals surface area contributed by atoms with E-state index in [-0.39, 0.29) is 11.9 Å². The zero-order valence-electron chi connectivity index (χ0n) is 10.0. The van der Waals surface area contributed by atoms with Gasteiger partial charge in [-0.05, 0) is 37.1 Å². The van der Waals surface area contributed by atoms with E-state index < -0.39 is 0 Å². The number of hydrogen-bond acceptors (Lipinski definition) is 3. The fourth-order valence-electron chi connectivity index (χ4n) is 2.11. The quantitative estimate of drug-likeness (QED) is 0.733. The van der Waals surface area contributed by atoms with Gasteiger partial charge in [-0.2, -0.15) is 0 Å². The fraction of sp³-hybridized carbons (Fsp3) is 0.385. The largest absolute Gasteiger partial charge is 0.465 e. The maximum absolute atomic E-state index is 11.6. The number of carbonyl (C=O) groups is 2. The summed E-state index contributed by atoms with van der Waals surface area (Å²) in [5.41, 5.74) is 2.32. The van der Waals surface area contributed by atoms with Crippen molar-refractivity contribution in [3.05, 3.63) is 29.3 Å². The predicted octanol–water partition coefficient (Wildman–Crippen LogP) is 1.91. The van der Waals surface area contributed by atoms with Crippen molar-refractivity contribution in [3.63, 3.8) is 0 Å². The number of benzene rings is 1. The molecule has 0 aliphatic carbocycles. The number of amides is 1. The third-order valence-electron chi connectivity index (χ3n) is 2.98. The maximum Gasteiger partial charge on any atom is 0.337 e. The van der Waals surface area contributed by atoms with Gasteiger partial charge in [0.25, 0.3) is 0 Å². The molecule has 1 amide bonds. The molecule has 1 aromatic carbocycles. The molecule has 0 radical (unpaired) electrons. The lowest BCUT2D eigenvalue weighted by Gasteiger charge is -2.18. The fourth-order valence-corrected chi connectivity index (χ4v) is 2.11. The van der Waals surface area contributed by atoms with Crippen LogP contribution in [0.3, 0.4) is 0 Å². The average molecular weight is 233 g/mol. The second kappa shape index (κ2) is 4.57. The van der Waals surface area contributed by atoms with Gasteiger partial charge < -0.3 is 9.64 Å². The summed E-state index contributed by atoms with van der Waals surface area (Å²) in [6.45, 7) is 2.66. The standard InChI is InChI=1S/C13H15NO3/c1-9-8-10(13(16)17-2)5-6-11(9)14-7-3-4-12(14)15/h5-6,8H,3-4,7H2,1-2H3. The van der Waals surface area contributed by atoms with E-state index in [0.29, 0.717) is 12.0 Å². The number of hydrogen-bond donors (Lipinski definition) is 0. The second-order valence-corrected chi connectivity index (χ2v) is 4.14. The summed E-state index contributed by atoms with van der Waals surface area (Å²) in [6, 6.07) is 5.26. The van der Waals surface area contributed by atoms with E-state index in [2.05, 4.69) is 4.74 Å². The van der Waals surface area contributed by atoms with Crippen LogP contribution in [-0.2, 0) is 9.53 Å². The first-order valence-corrected chi connectivity index (χ1v) is 5.63. The first kappa shape index (κ1) is 11.6. The molecule has 17 heavy (non-hydrogen) atoms. The van der Waals surface area contributed by atoms with Crippen molar-refractivity contribution in [2.45, 2.75) is 19.8 Å². The number of anilines is 1. The summed E-state index contributed by atoms with van der Waals surface area (Å²) >= 11 is 0. The highest BCUT2D eigenvalue weighted by molar-refractivity contribution is 5.97. The SMILES string of the molecule is COC(=O)c1ccc(N2CCCC2=O)c(C)c1. The van der Waals surface area contributed by atoms with Crippen molar-refractivity contribution in [1.29, 1.82) is 0 Å². The molecule has 1 aliphatic rings. The molecule has 0 saturated carbocycles. The third-order valence-corrected chi connectivity index (χ3v) is 2.98. The molecular formula is C13H15NO3. The molecule has 0 unspecified atom stereocenters. The number of nitrogens with zero attached hydrogens (tertiary/aromatic N) is 1. The van der Waals surface area contributed by atoms with Crippen molar-refractivity contribution in [3.8, 4) is 0 Å². The van der Waals surface area contributed by atoms with E-state index in [1.165, 1.54) is 7.11 Å². The van der Waals surface area contributed by atoms with Crippen LogP contribution < -0.4 is 4.90 Å². The number of ether oxygens (including phenoxy) is 1. The molecule has 2 rings (SSSR count). The number of methoxy groups -OCH3 is 1. The molecule has 1 aliphatic heterocycles. The van der Waals surface area contributed by atoms with Crippen molar-refractivity contribution in [2.24, 2.45) is 0 Å². The Balaban J connectivity index is 2.31. The molecule has 0 N–H and O–H groups in total. The molecule has 0 aromatic heterocycles. The first-order valence-electron chi connectivity index (χ1n) is 5.63. The minimum atomic E-state index is -0.354.